The molecule has 1 aromatic heterocycles. The molecule has 0 fully saturated rings. The van der Waals surface area contributed by atoms with Gasteiger partial charge in [-0.05, 0) is 37.6 Å². The van der Waals surface area contributed by atoms with E-state index in [4.69, 9.17) is 4.74 Å². The van der Waals surface area contributed by atoms with Crippen molar-refractivity contribution in [1.29, 1.82) is 0 Å². The van der Waals surface area contributed by atoms with Crippen molar-refractivity contribution < 1.29 is 6.16 Å². The maximum atomic E-state index is 5.11. The number of aromatic nitrogens is 1. The molecule has 102 valence electrons. The molecular weight excluding hydrogens is 236 g/mol. The van der Waals surface area contributed by atoms with Crippen LogP contribution in [0.25, 0.3) is 11.3 Å². The fraction of sp³-hybridized carbons (Fsp3) is 0.312. The van der Waals surface area contributed by atoms with Gasteiger partial charge in [0.05, 0.1) is 19.0 Å². The molecule has 1 heterocycles. The minimum Gasteiger partial charge on any atom is -0.495 e. The van der Waals surface area contributed by atoms with Gasteiger partial charge in [-0.2, -0.15) is 0 Å². The molecule has 1 atom stereocenters. The van der Waals surface area contributed by atoms with Gasteiger partial charge in [0.25, 0.3) is 0 Å². The summed E-state index contributed by atoms with van der Waals surface area (Å²) in [5, 5.41) is 3.45. The summed E-state index contributed by atoms with van der Waals surface area (Å²) in [6.07, 6.45) is 2.85. The van der Waals surface area contributed by atoms with Crippen LogP contribution in [0.5, 0.6) is 5.75 Å². The zero-order valence-corrected chi connectivity index (χ0v) is 11.7. The van der Waals surface area contributed by atoms with Crippen LogP contribution in [0.2, 0.25) is 0 Å². The molecule has 0 bridgehead atoms. The molecule has 3 heteroatoms. The molecule has 0 aliphatic rings. The van der Waals surface area contributed by atoms with Crippen LogP contribution in [0.15, 0.2) is 42.6 Å². The normalized spacial score (nSPS) is 11.9. The van der Waals surface area contributed by atoms with Crippen molar-refractivity contribution in [2.45, 2.75) is 26.3 Å². The van der Waals surface area contributed by atoms with E-state index in [2.05, 4.69) is 48.4 Å². The Balaban J connectivity index is 0.00000200. The molecule has 3 nitrogen and oxygen atoms in total. The van der Waals surface area contributed by atoms with Crippen LogP contribution in [0.1, 0.15) is 21.7 Å². The molecule has 0 spiro atoms. The van der Waals surface area contributed by atoms with Crippen LogP contribution in [0.3, 0.4) is 0 Å². The summed E-state index contributed by atoms with van der Waals surface area (Å²) in [5.41, 5.74) is 3.21. The van der Waals surface area contributed by atoms with Gasteiger partial charge >= 0.3 is 0 Å². The number of rotatable bonds is 5. The van der Waals surface area contributed by atoms with E-state index in [9.17, 15) is 0 Å². The molecule has 1 aromatic carbocycles. The highest BCUT2D eigenvalue weighted by molar-refractivity contribution is 5.63. The first-order valence-electron chi connectivity index (χ1n) is 6.60. The summed E-state index contributed by atoms with van der Waals surface area (Å²) in [7, 11) is 1.64. The lowest BCUT2D eigenvalue weighted by molar-refractivity contribution is 0.413. The molecule has 0 radical (unpaired) electrons. The van der Waals surface area contributed by atoms with Crippen molar-refractivity contribution in [3.8, 4) is 17.0 Å². The van der Waals surface area contributed by atoms with E-state index in [1.807, 2.05) is 12.1 Å². The van der Waals surface area contributed by atoms with E-state index in [1.165, 1.54) is 0 Å². The average Bonchev–Trinajstić information content (AvgIpc) is 2.48. The molecule has 1 N–H and O–H groups in total. The Kier molecular flexibility index (Phi) is 4.39. The Morgan fingerprint density at radius 2 is 1.95 bits per heavy atom. The summed E-state index contributed by atoms with van der Waals surface area (Å²) in [4.78, 5) is 4.38. The third kappa shape index (κ3) is 3.47. The molecule has 1 unspecified atom stereocenters. The Bertz CT molecular complexity index is 511. The minimum atomic E-state index is 0. The quantitative estimate of drug-likeness (QED) is 0.872. The monoisotopic (exact) mass is 258 g/mol. The summed E-state index contributed by atoms with van der Waals surface area (Å²) >= 11 is 0. The molecule has 0 amide bonds. The lowest BCUT2D eigenvalue weighted by Crippen LogP contribution is -2.12. The standard InChI is InChI=1S/C16H20N2O.H2/c1-4-12(2)18-14-7-5-13(6-8-14)16-10-9-15(19-3)11-17-16;/h5-12,18H,4H2,1-3H3;1H. The van der Waals surface area contributed by atoms with Crippen molar-refractivity contribution in [2.24, 2.45) is 0 Å². The van der Waals surface area contributed by atoms with E-state index in [-0.39, 0.29) is 1.43 Å². The number of benzene rings is 1. The second-order valence-electron chi connectivity index (χ2n) is 4.61. The van der Waals surface area contributed by atoms with Gasteiger partial charge in [0.1, 0.15) is 5.75 Å². The summed E-state index contributed by atoms with van der Waals surface area (Å²) in [6.45, 7) is 4.35. The van der Waals surface area contributed by atoms with Crippen molar-refractivity contribution in [1.82, 2.24) is 4.98 Å². The number of nitrogens with one attached hydrogen (secondary N) is 1. The number of methoxy groups -OCH3 is 1. The molecular formula is C16H22N2O. The topological polar surface area (TPSA) is 34.1 Å². The second-order valence-corrected chi connectivity index (χ2v) is 4.61. The summed E-state index contributed by atoms with van der Waals surface area (Å²) < 4.78 is 5.11. The van der Waals surface area contributed by atoms with Crippen molar-refractivity contribution in [3.05, 3.63) is 42.6 Å². The van der Waals surface area contributed by atoms with Gasteiger partial charge in [-0.3, -0.25) is 4.98 Å². The zero-order valence-electron chi connectivity index (χ0n) is 11.7. The predicted octanol–water partition coefficient (Wildman–Crippen LogP) is 4.21. The van der Waals surface area contributed by atoms with Gasteiger partial charge < -0.3 is 10.1 Å². The molecule has 0 aliphatic heterocycles. The lowest BCUT2D eigenvalue weighted by atomic mass is 10.1. The van der Waals surface area contributed by atoms with E-state index in [0.717, 1.165) is 29.1 Å². The van der Waals surface area contributed by atoms with Crippen LogP contribution in [0, 0.1) is 0 Å². The maximum Gasteiger partial charge on any atom is 0.137 e. The zero-order chi connectivity index (χ0) is 13.7. The van der Waals surface area contributed by atoms with E-state index < -0.39 is 0 Å². The highest BCUT2D eigenvalue weighted by Crippen LogP contribution is 2.21. The van der Waals surface area contributed by atoms with Gasteiger partial charge in [0.2, 0.25) is 0 Å². The smallest absolute Gasteiger partial charge is 0.137 e. The Morgan fingerprint density at radius 1 is 1.21 bits per heavy atom. The fourth-order valence-corrected chi connectivity index (χ4v) is 1.80. The van der Waals surface area contributed by atoms with Crippen molar-refractivity contribution in [3.63, 3.8) is 0 Å². The summed E-state index contributed by atoms with van der Waals surface area (Å²) in [5.74, 6) is 0.777. The van der Waals surface area contributed by atoms with Gasteiger partial charge in [0, 0.05) is 18.7 Å². The molecule has 0 saturated carbocycles. The number of anilines is 1. The van der Waals surface area contributed by atoms with Gasteiger partial charge in [-0.25, -0.2) is 0 Å². The number of hydrogen-bond donors (Lipinski definition) is 1. The molecule has 0 saturated heterocycles. The maximum absolute atomic E-state index is 5.11. The Morgan fingerprint density at radius 3 is 2.47 bits per heavy atom. The first-order valence-corrected chi connectivity index (χ1v) is 6.60. The second kappa shape index (κ2) is 6.23. The van der Waals surface area contributed by atoms with E-state index in [0.29, 0.717) is 6.04 Å². The Hall–Kier alpha value is -2.03. The first-order chi connectivity index (χ1) is 9.22. The van der Waals surface area contributed by atoms with Gasteiger partial charge in [-0.15, -0.1) is 0 Å². The SMILES string of the molecule is CCC(C)Nc1ccc(-c2ccc(OC)cn2)cc1.[HH]. The number of pyridine rings is 1. The van der Waals surface area contributed by atoms with Crippen LogP contribution in [-0.4, -0.2) is 18.1 Å². The van der Waals surface area contributed by atoms with Crippen LogP contribution >= 0.6 is 0 Å². The van der Waals surface area contributed by atoms with Crippen molar-refractivity contribution >= 4 is 5.69 Å². The van der Waals surface area contributed by atoms with E-state index in [1.54, 1.807) is 13.3 Å². The third-order valence-electron chi connectivity index (χ3n) is 3.18. The van der Waals surface area contributed by atoms with Crippen LogP contribution in [-0.2, 0) is 0 Å². The highest BCUT2D eigenvalue weighted by atomic mass is 16.5. The third-order valence-corrected chi connectivity index (χ3v) is 3.18. The number of nitrogens with zero attached hydrogens (tertiary/aromatic N) is 1. The molecule has 2 aromatic rings. The molecule has 0 aliphatic carbocycles. The molecule has 2 rings (SSSR count). The van der Waals surface area contributed by atoms with Crippen LogP contribution in [0.4, 0.5) is 5.69 Å². The average molecular weight is 258 g/mol. The summed E-state index contributed by atoms with van der Waals surface area (Å²) in [6, 6.07) is 12.7. The van der Waals surface area contributed by atoms with Crippen molar-refractivity contribution in [2.75, 3.05) is 12.4 Å². The number of hydrogen-bond acceptors (Lipinski definition) is 3. The minimum absolute atomic E-state index is 0. The lowest BCUT2D eigenvalue weighted by Gasteiger charge is -2.13. The van der Waals surface area contributed by atoms with Gasteiger partial charge in [0.15, 0.2) is 0 Å². The predicted molar refractivity (Wildman–Crippen MR) is 81.7 cm³/mol. The fourth-order valence-electron chi connectivity index (χ4n) is 1.80. The first kappa shape index (κ1) is 13.4. The van der Waals surface area contributed by atoms with E-state index >= 15 is 0 Å². The van der Waals surface area contributed by atoms with Crippen LogP contribution < -0.4 is 10.1 Å². The Labute approximate surface area is 116 Å². The molecule has 19 heavy (non-hydrogen) atoms. The number of ether oxygens (including phenoxy) is 1. The van der Waals surface area contributed by atoms with Gasteiger partial charge in [-0.1, -0.05) is 19.1 Å². The highest BCUT2D eigenvalue weighted by Gasteiger charge is 2.02. The largest absolute Gasteiger partial charge is 0.495 e.